The number of thiophene rings is 2. The second-order valence-electron chi connectivity index (χ2n) is 16.0. The molecule has 12 rings (SSSR count). The summed E-state index contributed by atoms with van der Waals surface area (Å²) >= 11 is 3.78. The number of fused-ring (bicyclic) bond motifs is 11. The van der Waals surface area contributed by atoms with Gasteiger partial charge in [-0.1, -0.05) is 147 Å². The normalized spacial score (nSPS) is 13.4. The van der Waals surface area contributed by atoms with Gasteiger partial charge in [-0.05, 0) is 120 Å². The van der Waals surface area contributed by atoms with Crippen LogP contribution in [0.25, 0.3) is 106 Å². The summed E-state index contributed by atoms with van der Waals surface area (Å²) in [6.45, 7) is 7.11. The van der Waals surface area contributed by atoms with Gasteiger partial charge in [0.15, 0.2) is 0 Å². The van der Waals surface area contributed by atoms with Crippen LogP contribution in [0.5, 0.6) is 0 Å². The molecule has 2 heterocycles. The molecule has 0 bridgehead atoms. The summed E-state index contributed by atoms with van der Waals surface area (Å²) in [5.41, 5.74) is 14.4. The van der Waals surface area contributed by atoms with Gasteiger partial charge in [-0.25, -0.2) is 0 Å². The van der Waals surface area contributed by atoms with Crippen LogP contribution in [0.3, 0.4) is 0 Å². The van der Waals surface area contributed by atoms with Gasteiger partial charge >= 0.3 is 0 Å². The molecule has 1 aliphatic rings. The maximum atomic E-state index is 2.53. The highest BCUT2D eigenvalue weighted by Gasteiger charge is 2.38. The van der Waals surface area contributed by atoms with E-state index in [0.29, 0.717) is 0 Å². The highest BCUT2D eigenvalue weighted by atomic mass is 32.1. The lowest BCUT2D eigenvalue weighted by Crippen LogP contribution is -2.16. The molecule has 0 amide bonds. The van der Waals surface area contributed by atoms with E-state index in [9.17, 15) is 0 Å². The Balaban J connectivity index is 1.27. The Kier molecular flexibility index (Phi) is 6.74. The van der Waals surface area contributed by atoms with Crippen LogP contribution in [0.15, 0.2) is 164 Å². The minimum Gasteiger partial charge on any atom is -0.135 e. The van der Waals surface area contributed by atoms with Gasteiger partial charge in [0, 0.05) is 45.8 Å². The van der Waals surface area contributed by atoms with Crippen LogP contribution < -0.4 is 0 Å². The van der Waals surface area contributed by atoms with E-state index >= 15 is 0 Å². The Morgan fingerprint density at radius 3 is 1.59 bits per heavy atom. The van der Waals surface area contributed by atoms with Crippen molar-refractivity contribution in [1.82, 2.24) is 0 Å². The minimum absolute atomic E-state index is 0.163. The van der Waals surface area contributed by atoms with Gasteiger partial charge in [-0.15, -0.1) is 22.7 Å². The number of hydrogen-bond donors (Lipinski definition) is 0. The molecule has 2 aromatic heterocycles. The molecule has 0 fully saturated rings. The molecule has 264 valence electrons. The van der Waals surface area contributed by atoms with Crippen molar-refractivity contribution in [1.29, 1.82) is 0 Å². The molecule has 0 N–H and O–H groups in total. The number of benzene rings is 9. The SMILES string of the molecule is Cc1cc(-c2cccc3sc4ccccc4c23)c2cc3c(-c4cccc5sc6ccccc6c45)cccc3c(-c3cccc4c3C(C)(C)c3ccccc3-4)c2c1. The molecular weight excluding hydrogens is 713 g/mol. The first-order chi connectivity index (χ1) is 27.5. The van der Waals surface area contributed by atoms with Gasteiger partial charge in [0.05, 0.1) is 0 Å². The third kappa shape index (κ3) is 4.40. The Hall–Kier alpha value is -6.06. The zero-order chi connectivity index (χ0) is 37.3. The molecule has 0 saturated heterocycles. The maximum absolute atomic E-state index is 2.53. The number of hydrogen-bond acceptors (Lipinski definition) is 2. The van der Waals surface area contributed by atoms with Gasteiger partial charge in [-0.3, -0.25) is 0 Å². The van der Waals surface area contributed by atoms with Crippen LogP contribution in [-0.4, -0.2) is 0 Å². The molecule has 0 unspecified atom stereocenters. The predicted octanol–water partition coefficient (Wildman–Crippen LogP) is 16.3. The predicted molar refractivity (Wildman–Crippen MR) is 246 cm³/mol. The van der Waals surface area contributed by atoms with Crippen molar-refractivity contribution in [3.8, 4) is 44.5 Å². The van der Waals surface area contributed by atoms with Gasteiger partial charge in [-0.2, -0.15) is 0 Å². The zero-order valence-electron chi connectivity index (χ0n) is 31.4. The van der Waals surface area contributed by atoms with Crippen molar-refractivity contribution in [3.05, 3.63) is 180 Å². The standard InChI is InChI=1S/C54H36S2/c1-31-28-41(36-20-13-27-49-52(36)39-16-6-9-25-47(39)56-49)43-30-42-32(34-19-12-26-48-51(34)38-15-5-8-24-46(38)55-48)17-10-18-35(42)50(44(43)29-31)40-22-11-21-37-33-14-4-7-23-45(33)54(2,3)53(37)40/h4-30H,1-3H3. The molecule has 1 aliphatic carbocycles. The second-order valence-corrected chi connectivity index (χ2v) is 18.2. The minimum atomic E-state index is -0.163. The van der Waals surface area contributed by atoms with E-state index in [1.807, 2.05) is 22.7 Å². The third-order valence-corrected chi connectivity index (χ3v) is 14.8. The summed E-state index contributed by atoms with van der Waals surface area (Å²) < 4.78 is 5.32. The van der Waals surface area contributed by atoms with Gasteiger partial charge in [0.25, 0.3) is 0 Å². The second kappa shape index (κ2) is 11.7. The highest BCUT2D eigenvalue weighted by molar-refractivity contribution is 7.26. The van der Waals surface area contributed by atoms with E-state index in [1.54, 1.807) is 0 Å². The monoisotopic (exact) mass is 748 g/mol. The Labute approximate surface area is 333 Å². The number of rotatable bonds is 3. The topological polar surface area (TPSA) is 0 Å². The Morgan fingerprint density at radius 2 is 0.857 bits per heavy atom. The molecule has 0 atom stereocenters. The first kappa shape index (κ1) is 32.2. The van der Waals surface area contributed by atoms with E-state index in [0.717, 1.165) is 0 Å². The molecule has 0 aliphatic heterocycles. The summed E-state index contributed by atoms with van der Waals surface area (Å²) in [7, 11) is 0. The summed E-state index contributed by atoms with van der Waals surface area (Å²) in [6.07, 6.45) is 0. The molecule has 11 aromatic rings. The van der Waals surface area contributed by atoms with E-state index in [4.69, 9.17) is 0 Å². The summed E-state index contributed by atoms with van der Waals surface area (Å²) in [4.78, 5) is 0. The van der Waals surface area contributed by atoms with Crippen LogP contribution in [0.1, 0.15) is 30.5 Å². The third-order valence-electron chi connectivity index (χ3n) is 12.5. The molecule has 56 heavy (non-hydrogen) atoms. The Bertz CT molecular complexity index is 3460. The zero-order valence-corrected chi connectivity index (χ0v) is 33.0. The molecule has 0 nitrogen and oxygen atoms in total. The summed E-state index contributed by atoms with van der Waals surface area (Å²) in [5, 5.41) is 10.5. The summed E-state index contributed by atoms with van der Waals surface area (Å²) in [6, 6.07) is 62.1. The van der Waals surface area contributed by atoms with Crippen LogP contribution in [0.2, 0.25) is 0 Å². The molecule has 9 aromatic carbocycles. The fourth-order valence-electron chi connectivity index (χ4n) is 10.2. The van der Waals surface area contributed by atoms with Crippen LogP contribution in [0.4, 0.5) is 0 Å². The van der Waals surface area contributed by atoms with Crippen molar-refractivity contribution in [2.75, 3.05) is 0 Å². The van der Waals surface area contributed by atoms with Crippen molar-refractivity contribution in [2.45, 2.75) is 26.2 Å². The van der Waals surface area contributed by atoms with Crippen LogP contribution in [-0.2, 0) is 5.41 Å². The van der Waals surface area contributed by atoms with Crippen LogP contribution in [0, 0.1) is 6.92 Å². The fourth-order valence-corrected chi connectivity index (χ4v) is 12.5. The number of aryl methyl sites for hydroxylation is 1. The van der Waals surface area contributed by atoms with Gasteiger partial charge in [0.1, 0.15) is 0 Å². The highest BCUT2D eigenvalue weighted by Crippen LogP contribution is 2.55. The quantitative estimate of drug-likeness (QED) is 0.158. The lowest BCUT2D eigenvalue weighted by Gasteiger charge is -2.26. The van der Waals surface area contributed by atoms with E-state index in [2.05, 4.69) is 185 Å². The van der Waals surface area contributed by atoms with Crippen molar-refractivity contribution < 1.29 is 0 Å². The van der Waals surface area contributed by atoms with E-state index in [1.165, 1.54) is 123 Å². The average molecular weight is 749 g/mol. The Morgan fingerprint density at radius 1 is 0.357 bits per heavy atom. The maximum Gasteiger partial charge on any atom is 0.0361 e. The van der Waals surface area contributed by atoms with Crippen LogP contribution >= 0.6 is 22.7 Å². The first-order valence-electron chi connectivity index (χ1n) is 19.5. The first-order valence-corrected chi connectivity index (χ1v) is 21.1. The molecule has 0 radical (unpaired) electrons. The smallest absolute Gasteiger partial charge is 0.0361 e. The molecule has 2 heteroatoms. The molecular formula is C54H36S2. The van der Waals surface area contributed by atoms with Gasteiger partial charge < -0.3 is 0 Å². The van der Waals surface area contributed by atoms with Crippen molar-refractivity contribution >= 4 is 84.6 Å². The van der Waals surface area contributed by atoms with Crippen molar-refractivity contribution in [2.24, 2.45) is 0 Å². The average Bonchev–Trinajstić information content (AvgIpc) is 3.87. The van der Waals surface area contributed by atoms with E-state index in [-0.39, 0.29) is 5.41 Å². The lowest BCUT2D eigenvalue weighted by atomic mass is 9.76. The van der Waals surface area contributed by atoms with Gasteiger partial charge in [0.2, 0.25) is 0 Å². The molecule has 0 saturated carbocycles. The summed E-state index contributed by atoms with van der Waals surface area (Å²) in [5.74, 6) is 0. The van der Waals surface area contributed by atoms with Crippen molar-refractivity contribution in [3.63, 3.8) is 0 Å². The fraction of sp³-hybridized carbons (Fsp3) is 0.0741. The molecule has 0 spiro atoms. The van der Waals surface area contributed by atoms with E-state index < -0.39 is 0 Å². The largest absolute Gasteiger partial charge is 0.135 e. The lowest BCUT2D eigenvalue weighted by molar-refractivity contribution is 0.662.